The molecule has 6 heteroatoms. The third-order valence-corrected chi connectivity index (χ3v) is 4.72. The summed E-state index contributed by atoms with van der Waals surface area (Å²) in [4.78, 5) is 14.6. The lowest BCUT2D eigenvalue weighted by molar-refractivity contribution is 0.0941. The largest absolute Gasteiger partial charge is 0.490 e. The van der Waals surface area contributed by atoms with Crippen molar-refractivity contribution in [2.24, 2.45) is 0 Å². The summed E-state index contributed by atoms with van der Waals surface area (Å²) in [7, 11) is 4.03. The van der Waals surface area contributed by atoms with Gasteiger partial charge in [0, 0.05) is 18.5 Å². The van der Waals surface area contributed by atoms with Crippen LogP contribution in [0, 0.1) is 0 Å². The van der Waals surface area contributed by atoms with E-state index in [1.165, 1.54) is 5.56 Å². The topological polar surface area (TPSA) is 50.8 Å². The fourth-order valence-corrected chi connectivity index (χ4v) is 3.37. The second-order valence-electron chi connectivity index (χ2n) is 5.96. The molecule has 1 aromatic carbocycles. The number of hydrogen-bond donors (Lipinski definition) is 1. The first-order chi connectivity index (χ1) is 11.6. The molecular weight excluding hydrogens is 324 g/mol. The predicted octanol–water partition coefficient (Wildman–Crippen LogP) is 2.94. The average Bonchev–Trinajstić information content (AvgIpc) is 2.99. The maximum atomic E-state index is 12.5. The summed E-state index contributed by atoms with van der Waals surface area (Å²) < 4.78 is 11.2. The molecule has 0 unspecified atom stereocenters. The molecule has 0 saturated carbocycles. The van der Waals surface area contributed by atoms with Gasteiger partial charge < -0.3 is 19.7 Å². The molecule has 1 aliphatic rings. The van der Waals surface area contributed by atoms with Crippen LogP contribution in [-0.2, 0) is 0 Å². The number of hydrogen-bond acceptors (Lipinski definition) is 5. The molecule has 0 fully saturated rings. The highest BCUT2D eigenvalue weighted by atomic mass is 32.1. The van der Waals surface area contributed by atoms with Crippen molar-refractivity contribution in [3.05, 3.63) is 46.2 Å². The summed E-state index contributed by atoms with van der Waals surface area (Å²) >= 11 is 1.66. The minimum absolute atomic E-state index is 0.104. The van der Waals surface area contributed by atoms with Crippen molar-refractivity contribution in [3.8, 4) is 11.5 Å². The van der Waals surface area contributed by atoms with Crippen LogP contribution in [0.4, 0.5) is 0 Å². The number of nitrogens with zero attached hydrogens (tertiary/aromatic N) is 1. The molecule has 1 amide bonds. The van der Waals surface area contributed by atoms with Crippen LogP contribution in [-0.4, -0.2) is 44.7 Å². The van der Waals surface area contributed by atoms with Gasteiger partial charge in [-0.15, -0.1) is 0 Å². The van der Waals surface area contributed by atoms with Gasteiger partial charge in [-0.3, -0.25) is 4.79 Å². The molecule has 2 heterocycles. The summed E-state index contributed by atoms with van der Waals surface area (Å²) in [6.07, 6.45) is 0.849. The highest BCUT2D eigenvalue weighted by molar-refractivity contribution is 7.07. The smallest absolute Gasteiger partial charge is 0.251 e. The number of rotatable bonds is 5. The Morgan fingerprint density at radius 1 is 1.25 bits per heavy atom. The quantitative estimate of drug-likeness (QED) is 0.904. The molecule has 128 valence electrons. The van der Waals surface area contributed by atoms with Gasteiger partial charge in [0.15, 0.2) is 11.5 Å². The van der Waals surface area contributed by atoms with Crippen molar-refractivity contribution in [2.45, 2.75) is 12.5 Å². The minimum atomic E-state index is -0.104. The van der Waals surface area contributed by atoms with Crippen molar-refractivity contribution < 1.29 is 14.3 Å². The molecule has 0 aliphatic carbocycles. The molecular formula is C18H22N2O3S. The van der Waals surface area contributed by atoms with Crippen LogP contribution in [0.15, 0.2) is 35.0 Å². The van der Waals surface area contributed by atoms with E-state index in [2.05, 4.69) is 27.0 Å². The first-order valence-corrected chi connectivity index (χ1v) is 8.96. The Bertz CT molecular complexity index is 686. The number of amides is 1. The fraction of sp³-hybridized carbons (Fsp3) is 0.389. The zero-order chi connectivity index (χ0) is 16.9. The van der Waals surface area contributed by atoms with Crippen LogP contribution < -0.4 is 14.8 Å². The number of fused-ring (bicyclic) bond motifs is 1. The lowest BCUT2D eigenvalue weighted by atomic mass is 10.1. The van der Waals surface area contributed by atoms with Gasteiger partial charge in [-0.05, 0) is 54.7 Å². The van der Waals surface area contributed by atoms with E-state index < -0.39 is 0 Å². The van der Waals surface area contributed by atoms with E-state index in [0.717, 1.165) is 6.42 Å². The predicted molar refractivity (Wildman–Crippen MR) is 95.1 cm³/mol. The number of likely N-dealkylation sites (N-methyl/N-ethyl adjacent to an activating group) is 1. The molecule has 5 nitrogen and oxygen atoms in total. The number of ether oxygens (including phenoxy) is 2. The summed E-state index contributed by atoms with van der Waals surface area (Å²) in [6, 6.07) is 7.58. The van der Waals surface area contributed by atoms with Crippen LogP contribution in [0.25, 0.3) is 0 Å². The number of thiophene rings is 1. The van der Waals surface area contributed by atoms with E-state index in [1.54, 1.807) is 29.5 Å². The molecule has 0 radical (unpaired) electrons. The first-order valence-electron chi connectivity index (χ1n) is 8.01. The van der Waals surface area contributed by atoms with Gasteiger partial charge in [0.25, 0.3) is 5.91 Å². The Morgan fingerprint density at radius 2 is 2.04 bits per heavy atom. The Morgan fingerprint density at radius 3 is 2.75 bits per heavy atom. The SMILES string of the molecule is CN(C)[C@H](CNC(=O)c1ccc2c(c1)OCCCO2)c1ccsc1. The van der Waals surface area contributed by atoms with E-state index in [9.17, 15) is 4.79 Å². The van der Waals surface area contributed by atoms with Gasteiger partial charge in [0.2, 0.25) is 0 Å². The van der Waals surface area contributed by atoms with Crippen molar-refractivity contribution in [1.29, 1.82) is 0 Å². The second-order valence-corrected chi connectivity index (χ2v) is 6.74. The Labute approximate surface area is 146 Å². The molecule has 1 aromatic heterocycles. The van der Waals surface area contributed by atoms with Gasteiger partial charge in [0.1, 0.15) is 0 Å². The van der Waals surface area contributed by atoms with Crippen LogP contribution in [0.3, 0.4) is 0 Å². The molecule has 1 aliphatic heterocycles. The standard InChI is InChI=1S/C18H22N2O3S/c1-20(2)15(14-6-9-24-12-14)11-19-18(21)13-4-5-16-17(10-13)23-8-3-7-22-16/h4-6,9-10,12,15H,3,7-8,11H2,1-2H3,(H,19,21)/t15-/m1/s1. The molecule has 2 aromatic rings. The minimum Gasteiger partial charge on any atom is -0.490 e. The zero-order valence-electron chi connectivity index (χ0n) is 14.0. The average molecular weight is 346 g/mol. The van der Waals surface area contributed by atoms with Crippen molar-refractivity contribution in [2.75, 3.05) is 33.9 Å². The second kappa shape index (κ2) is 7.68. The highest BCUT2D eigenvalue weighted by Gasteiger charge is 2.18. The van der Waals surface area contributed by atoms with Crippen LogP contribution in [0.1, 0.15) is 28.4 Å². The molecule has 24 heavy (non-hydrogen) atoms. The van der Waals surface area contributed by atoms with Gasteiger partial charge in [0.05, 0.1) is 19.3 Å². The maximum Gasteiger partial charge on any atom is 0.251 e. The molecule has 0 saturated heterocycles. The monoisotopic (exact) mass is 346 g/mol. The number of carbonyl (C=O) groups excluding carboxylic acids is 1. The zero-order valence-corrected chi connectivity index (χ0v) is 14.8. The van der Waals surface area contributed by atoms with Crippen molar-refractivity contribution in [3.63, 3.8) is 0 Å². The molecule has 1 atom stereocenters. The van der Waals surface area contributed by atoms with Crippen molar-refractivity contribution >= 4 is 17.2 Å². The fourth-order valence-electron chi connectivity index (χ4n) is 2.66. The van der Waals surface area contributed by atoms with Gasteiger partial charge >= 0.3 is 0 Å². The summed E-state index contributed by atoms with van der Waals surface area (Å²) in [6.45, 7) is 1.81. The Balaban J connectivity index is 1.67. The van der Waals surface area contributed by atoms with E-state index >= 15 is 0 Å². The summed E-state index contributed by atoms with van der Waals surface area (Å²) in [5, 5.41) is 7.19. The van der Waals surface area contributed by atoms with Crippen LogP contribution >= 0.6 is 11.3 Å². The lowest BCUT2D eigenvalue weighted by Gasteiger charge is -2.24. The molecule has 0 bridgehead atoms. The molecule has 1 N–H and O–H groups in total. The van der Waals surface area contributed by atoms with Gasteiger partial charge in [-0.25, -0.2) is 0 Å². The van der Waals surface area contributed by atoms with Crippen molar-refractivity contribution in [1.82, 2.24) is 10.2 Å². The molecule has 0 spiro atoms. The van der Waals surface area contributed by atoms with Gasteiger partial charge in [-0.2, -0.15) is 11.3 Å². The lowest BCUT2D eigenvalue weighted by Crippen LogP contribution is -2.34. The summed E-state index contributed by atoms with van der Waals surface area (Å²) in [5.74, 6) is 1.24. The van der Waals surface area contributed by atoms with Gasteiger partial charge in [-0.1, -0.05) is 0 Å². The van der Waals surface area contributed by atoms with Crippen LogP contribution in [0.2, 0.25) is 0 Å². The maximum absolute atomic E-state index is 12.5. The van der Waals surface area contributed by atoms with E-state index in [1.807, 2.05) is 14.1 Å². The first kappa shape index (κ1) is 16.8. The third-order valence-electron chi connectivity index (χ3n) is 4.02. The van der Waals surface area contributed by atoms with E-state index in [-0.39, 0.29) is 11.9 Å². The molecule has 3 rings (SSSR count). The normalized spacial score (nSPS) is 15.0. The van der Waals surface area contributed by atoms with E-state index in [0.29, 0.717) is 36.8 Å². The van der Waals surface area contributed by atoms with E-state index in [4.69, 9.17) is 9.47 Å². The Kier molecular flexibility index (Phi) is 5.37. The third kappa shape index (κ3) is 3.88. The number of nitrogens with one attached hydrogen (secondary N) is 1. The van der Waals surface area contributed by atoms with Crippen LogP contribution in [0.5, 0.6) is 11.5 Å². The number of carbonyl (C=O) groups is 1. The highest BCUT2D eigenvalue weighted by Crippen LogP contribution is 2.30. The summed E-state index contributed by atoms with van der Waals surface area (Å²) in [5.41, 5.74) is 1.80. The Hall–Kier alpha value is -2.05. The number of benzene rings is 1.